The largest absolute Gasteiger partial charge is 0.466 e. The lowest BCUT2D eigenvalue weighted by Gasteiger charge is -2.20. The van der Waals surface area contributed by atoms with E-state index < -0.39 is 12.1 Å². The molecule has 0 rings (SSSR count). The number of carbonyl (C=O) groups excluding carboxylic acids is 2. The molecule has 0 radical (unpaired) electrons. The normalized spacial score (nSPS) is 12.5. The van der Waals surface area contributed by atoms with Crippen LogP contribution in [0.2, 0.25) is 0 Å². The molecule has 0 aliphatic rings. The summed E-state index contributed by atoms with van der Waals surface area (Å²) in [6.07, 6.45) is 100. The van der Waals surface area contributed by atoms with Crippen molar-refractivity contribution >= 4 is 11.9 Å². The first-order valence-electron chi connectivity index (χ1n) is 40.6. The topological polar surface area (TPSA) is 95.9 Å². The molecular weight excluding hydrogens is 1080 g/mol. The Morgan fingerprint density at radius 2 is 0.534 bits per heavy atom. The molecule has 522 valence electrons. The fraction of sp³-hybridized carbons (Fsp3) is 0.927. The molecule has 1 amide bonds. The first-order chi connectivity index (χ1) is 43.5. The Morgan fingerprint density at radius 3 is 0.807 bits per heavy atom. The highest BCUT2D eigenvalue weighted by Crippen LogP contribution is 2.20. The van der Waals surface area contributed by atoms with Crippen molar-refractivity contribution in [3.05, 3.63) is 24.3 Å². The summed E-state index contributed by atoms with van der Waals surface area (Å²) in [5.74, 6) is -0.0401. The molecule has 0 spiro atoms. The van der Waals surface area contributed by atoms with Crippen molar-refractivity contribution in [3.63, 3.8) is 0 Å². The maximum absolute atomic E-state index is 12.6. The molecule has 2 unspecified atom stereocenters. The zero-order valence-electron chi connectivity index (χ0n) is 60.0. The van der Waals surface area contributed by atoms with E-state index in [4.69, 9.17) is 4.74 Å². The molecule has 0 aliphatic carbocycles. The molecule has 88 heavy (non-hydrogen) atoms. The van der Waals surface area contributed by atoms with Crippen molar-refractivity contribution in [2.45, 2.75) is 475 Å². The molecule has 0 heterocycles. The first kappa shape index (κ1) is 86.3. The lowest BCUT2D eigenvalue weighted by atomic mass is 10.0. The van der Waals surface area contributed by atoms with Crippen LogP contribution in [0.4, 0.5) is 0 Å². The van der Waals surface area contributed by atoms with Crippen LogP contribution in [0.1, 0.15) is 463 Å². The summed E-state index contributed by atoms with van der Waals surface area (Å²) in [6.45, 7) is 4.96. The van der Waals surface area contributed by atoms with Gasteiger partial charge in [0.1, 0.15) is 0 Å². The van der Waals surface area contributed by atoms with Gasteiger partial charge in [0.15, 0.2) is 0 Å². The third-order valence-corrected chi connectivity index (χ3v) is 19.2. The molecule has 6 nitrogen and oxygen atoms in total. The molecule has 0 bridgehead atoms. The van der Waals surface area contributed by atoms with E-state index in [9.17, 15) is 19.8 Å². The zero-order chi connectivity index (χ0) is 63.5. The average Bonchev–Trinajstić information content (AvgIpc) is 3.55. The second kappa shape index (κ2) is 77.8. The molecular formula is C82H159NO5. The number of aliphatic hydroxyl groups is 2. The summed E-state index contributed by atoms with van der Waals surface area (Å²) in [6, 6.07) is -0.627. The number of ether oxygens (including phenoxy) is 1. The first-order valence-corrected chi connectivity index (χ1v) is 40.6. The van der Waals surface area contributed by atoms with E-state index in [0.717, 1.165) is 38.5 Å². The van der Waals surface area contributed by atoms with Gasteiger partial charge in [-0.1, -0.05) is 417 Å². The Balaban J connectivity index is 3.36. The van der Waals surface area contributed by atoms with Gasteiger partial charge in [-0.25, -0.2) is 0 Å². The number of hydrogen-bond donors (Lipinski definition) is 3. The standard InChI is InChI=1S/C82H159NO5/c1-3-5-7-9-11-13-15-17-19-21-23-24-25-32-35-39-42-46-50-54-58-62-66-70-74-80(85)79(78-84)83-81(86)75-71-67-63-59-55-51-47-43-40-36-33-30-28-26-27-29-31-34-37-41-45-49-53-57-61-65-69-73-77-88-82(87)76-72-68-64-60-56-52-48-44-38-22-20-18-16-14-12-10-8-6-4-2/h18,20,70,74,79-80,84-85H,3-17,19,21-69,71-73,75-78H2,1-2H3,(H,83,86)/b20-18-,74-70+. The maximum atomic E-state index is 12.6. The summed E-state index contributed by atoms with van der Waals surface area (Å²) in [5, 5.41) is 23.3. The van der Waals surface area contributed by atoms with Gasteiger partial charge in [-0.15, -0.1) is 0 Å². The van der Waals surface area contributed by atoms with Crippen molar-refractivity contribution < 1.29 is 24.5 Å². The lowest BCUT2D eigenvalue weighted by molar-refractivity contribution is -0.143. The van der Waals surface area contributed by atoms with E-state index in [1.807, 2.05) is 6.08 Å². The minimum Gasteiger partial charge on any atom is -0.466 e. The van der Waals surface area contributed by atoms with E-state index >= 15 is 0 Å². The number of hydrogen-bond acceptors (Lipinski definition) is 5. The summed E-state index contributed by atoms with van der Waals surface area (Å²) in [4.78, 5) is 24.7. The lowest BCUT2D eigenvalue weighted by Crippen LogP contribution is -2.45. The van der Waals surface area contributed by atoms with Crippen molar-refractivity contribution in [3.8, 4) is 0 Å². The number of amides is 1. The minimum absolute atomic E-state index is 0.0193. The van der Waals surface area contributed by atoms with Gasteiger partial charge < -0.3 is 20.3 Å². The highest BCUT2D eigenvalue weighted by Gasteiger charge is 2.18. The number of carbonyl (C=O) groups is 2. The third-order valence-electron chi connectivity index (χ3n) is 19.2. The summed E-state index contributed by atoms with van der Waals surface area (Å²) < 4.78 is 5.52. The highest BCUT2D eigenvalue weighted by atomic mass is 16.5. The zero-order valence-corrected chi connectivity index (χ0v) is 60.0. The molecule has 0 saturated heterocycles. The van der Waals surface area contributed by atoms with Crippen LogP contribution in [0.15, 0.2) is 24.3 Å². The second-order valence-electron chi connectivity index (χ2n) is 28.1. The fourth-order valence-corrected chi connectivity index (χ4v) is 13.0. The molecule has 0 aromatic carbocycles. The molecule has 0 aliphatic heterocycles. The number of nitrogens with one attached hydrogen (secondary N) is 1. The number of aliphatic hydroxyl groups excluding tert-OH is 2. The molecule has 0 fully saturated rings. The minimum atomic E-state index is -0.844. The highest BCUT2D eigenvalue weighted by molar-refractivity contribution is 5.76. The van der Waals surface area contributed by atoms with Gasteiger partial charge in [0.05, 0.1) is 25.4 Å². The van der Waals surface area contributed by atoms with Gasteiger partial charge in [0.2, 0.25) is 5.91 Å². The van der Waals surface area contributed by atoms with Gasteiger partial charge in [0.25, 0.3) is 0 Å². The van der Waals surface area contributed by atoms with Gasteiger partial charge in [-0.3, -0.25) is 9.59 Å². The Kier molecular flexibility index (Phi) is 76.3. The van der Waals surface area contributed by atoms with Gasteiger partial charge in [-0.05, 0) is 57.8 Å². The monoisotopic (exact) mass is 1240 g/mol. The van der Waals surface area contributed by atoms with Gasteiger partial charge in [-0.2, -0.15) is 0 Å². The summed E-state index contributed by atoms with van der Waals surface area (Å²) in [5.41, 5.74) is 0. The van der Waals surface area contributed by atoms with Crippen LogP contribution < -0.4 is 5.32 Å². The molecule has 0 saturated carbocycles. The van der Waals surface area contributed by atoms with Crippen molar-refractivity contribution in [1.82, 2.24) is 5.32 Å². The fourth-order valence-electron chi connectivity index (χ4n) is 13.0. The van der Waals surface area contributed by atoms with Crippen molar-refractivity contribution in [2.24, 2.45) is 0 Å². The third kappa shape index (κ3) is 73.4. The number of esters is 1. The quantitative estimate of drug-likeness (QED) is 0.0320. The van der Waals surface area contributed by atoms with Crippen LogP contribution in [0.5, 0.6) is 0 Å². The molecule has 3 N–H and O–H groups in total. The Bertz CT molecular complexity index is 1380. The van der Waals surface area contributed by atoms with Gasteiger partial charge >= 0.3 is 5.97 Å². The predicted molar refractivity (Wildman–Crippen MR) is 389 cm³/mol. The van der Waals surface area contributed by atoms with Crippen LogP contribution in [-0.4, -0.2) is 47.4 Å². The maximum Gasteiger partial charge on any atom is 0.305 e. The number of rotatable bonds is 77. The summed E-state index contributed by atoms with van der Waals surface area (Å²) in [7, 11) is 0. The van der Waals surface area contributed by atoms with Crippen LogP contribution in [0.3, 0.4) is 0 Å². The molecule has 0 aromatic heterocycles. The Morgan fingerprint density at radius 1 is 0.307 bits per heavy atom. The van der Waals surface area contributed by atoms with Gasteiger partial charge in [0, 0.05) is 12.8 Å². The smallest absolute Gasteiger partial charge is 0.305 e. The SMILES string of the molecule is CCCCCCCC/C=C\CCCCCCCCCCCC(=O)OCCCCCCCCCCCCCCCCCCCCCCCCCCCCCCC(=O)NC(CO)C(O)/C=C/CCCCCCCCCCCCCCCCCCCCCCCC. The van der Waals surface area contributed by atoms with Crippen LogP contribution in [-0.2, 0) is 14.3 Å². The Labute approximate surface area is 551 Å². The van der Waals surface area contributed by atoms with Crippen molar-refractivity contribution in [2.75, 3.05) is 13.2 Å². The van der Waals surface area contributed by atoms with E-state index in [1.165, 1.54) is 398 Å². The average molecular weight is 1240 g/mol. The molecule has 6 heteroatoms. The number of allylic oxidation sites excluding steroid dienone is 3. The van der Waals surface area contributed by atoms with Crippen LogP contribution in [0, 0.1) is 0 Å². The summed E-state index contributed by atoms with van der Waals surface area (Å²) >= 11 is 0. The second-order valence-corrected chi connectivity index (χ2v) is 28.1. The van der Waals surface area contributed by atoms with E-state index in [2.05, 4.69) is 31.3 Å². The molecule has 2 atom stereocenters. The van der Waals surface area contributed by atoms with E-state index in [0.29, 0.717) is 19.4 Å². The van der Waals surface area contributed by atoms with E-state index in [-0.39, 0.29) is 18.5 Å². The van der Waals surface area contributed by atoms with E-state index in [1.54, 1.807) is 6.08 Å². The van der Waals surface area contributed by atoms with Crippen LogP contribution in [0.25, 0.3) is 0 Å². The Hall–Kier alpha value is -1.66. The van der Waals surface area contributed by atoms with Crippen molar-refractivity contribution in [1.29, 1.82) is 0 Å². The number of unbranched alkanes of at least 4 members (excludes halogenated alkanes) is 64. The molecule has 0 aromatic rings. The van der Waals surface area contributed by atoms with Crippen LogP contribution >= 0.6 is 0 Å². The predicted octanol–water partition coefficient (Wildman–Crippen LogP) is 26.8.